The van der Waals surface area contributed by atoms with Crippen LogP contribution in [0, 0.1) is 23.7 Å². The third-order valence-corrected chi connectivity index (χ3v) is 9.70. The molecule has 0 radical (unpaired) electrons. The second-order valence-electron chi connectivity index (χ2n) is 12.0. The molecule has 0 bridgehead atoms. The lowest BCUT2D eigenvalue weighted by Crippen LogP contribution is -2.63. The van der Waals surface area contributed by atoms with Gasteiger partial charge in [0.1, 0.15) is 5.54 Å². The molecular weight excluding hydrogens is 548 g/mol. The smallest absolute Gasteiger partial charge is 0.393 e. The number of ether oxygens (including phenoxy) is 2. The Morgan fingerprint density at radius 2 is 1.79 bits per heavy atom. The highest BCUT2D eigenvalue weighted by Crippen LogP contribution is 2.58. The van der Waals surface area contributed by atoms with Crippen LogP contribution in [-0.4, -0.2) is 76.3 Å². The molecule has 3 fully saturated rings. The molecule has 4 amide bonds. The zero-order valence-electron chi connectivity index (χ0n) is 25.4. The summed E-state index contributed by atoms with van der Waals surface area (Å²) < 4.78 is 12.2. The van der Waals surface area contributed by atoms with Crippen LogP contribution in [0.25, 0.3) is 0 Å². The fraction of sp³-hybridized carbons (Fsp3) is 0.545. The lowest BCUT2D eigenvalue weighted by Gasteiger charge is -2.51. The number of aliphatic imine (C=N–C) groups is 1. The van der Waals surface area contributed by atoms with Crippen molar-refractivity contribution in [3.8, 4) is 0 Å². The summed E-state index contributed by atoms with van der Waals surface area (Å²) in [4.78, 5) is 64.4. The van der Waals surface area contributed by atoms with Gasteiger partial charge in [0.2, 0.25) is 23.6 Å². The monoisotopic (exact) mass is 588 g/mol. The number of hydrogen-bond acceptors (Lipinski definition) is 7. The third kappa shape index (κ3) is 4.57. The number of allylic oxidation sites excluding steroid dienone is 2. The molecule has 10 heteroatoms. The van der Waals surface area contributed by atoms with E-state index < -0.39 is 35.5 Å². The number of benzene rings is 1. The van der Waals surface area contributed by atoms with Gasteiger partial charge in [-0.3, -0.25) is 19.5 Å². The summed E-state index contributed by atoms with van der Waals surface area (Å²) in [5.74, 6) is -1.52. The highest BCUT2D eigenvalue weighted by molar-refractivity contribution is 6.09. The van der Waals surface area contributed by atoms with Crippen LogP contribution < -0.4 is 0 Å². The number of fused-ring (bicyclic) bond motifs is 5. The molecule has 0 N–H and O–H groups in total. The second kappa shape index (κ2) is 11.3. The molecule has 2 aliphatic carbocycles. The Labute approximate surface area is 252 Å². The lowest BCUT2D eigenvalue weighted by atomic mass is 9.59. The van der Waals surface area contributed by atoms with E-state index in [2.05, 4.69) is 0 Å². The molecule has 3 heterocycles. The first kappa shape index (κ1) is 29.1. The predicted octanol–water partition coefficient (Wildman–Crippen LogP) is 4.91. The van der Waals surface area contributed by atoms with Crippen molar-refractivity contribution in [1.29, 1.82) is 0 Å². The largest absolute Gasteiger partial charge is 0.424 e. The number of hydrogen-bond donors (Lipinski definition) is 0. The van der Waals surface area contributed by atoms with Crippen molar-refractivity contribution >= 4 is 29.9 Å². The molecular formula is C33H40N4O6. The van der Waals surface area contributed by atoms with Crippen LogP contribution in [0.3, 0.4) is 0 Å². The zero-order valence-corrected chi connectivity index (χ0v) is 25.4. The summed E-state index contributed by atoms with van der Waals surface area (Å²) >= 11 is 0. The normalized spacial score (nSPS) is 28.9. The summed E-state index contributed by atoms with van der Waals surface area (Å²) in [7, 11) is 0. The fourth-order valence-corrected chi connectivity index (χ4v) is 7.40. The number of imide groups is 1. The van der Waals surface area contributed by atoms with E-state index >= 15 is 0 Å². The molecule has 3 aliphatic heterocycles. The Balaban J connectivity index is 1.61. The Hall–Kier alpha value is -3.95. The first-order valence-corrected chi connectivity index (χ1v) is 15.7. The fourth-order valence-electron chi connectivity index (χ4n) is 7.40. The zero-order chi connectivity index (χ0) is 30.5. The standard InChI is InChI=1S/C33H40N4O6/c1-5-22-23-16-17-24-25(28(39)36(8-4)27(24)38)26(23)33(18-20-12-10-9-11-13-20)30(34-19-21-14-15-21)43-32(41)37(33)29(22)42-31(40)35(6-2)7-3/h9-13,16,21,24-26H,5-8,14-15,17-19H2,1-4H3/t24-,25-,26+,33+/m1/s1. The Kier molecular flexibility index (Phi) is 7.64. The van der Waals surface area contributed by atoms with Gasteiger partial charge in [-0.05, 0) is 63.5 Å². The van der Waals surface area contributed by atoms with Crippen LogP contribution in [0.1, 0.15) is 58.9 Å². The van der Waals surface area contributed by atoms with Gasteiger partial charge in [0.25, 0.3) is 0 Å². The van der Waals surface area contributed by atoms with Crippen molar-refractivity contribution in [3.63, 3.8) is 0 Å². The van der Waals surface area contributed by atoms with E-state index in [1.807, 2.05) is 57.2 Å². The van der Waals surface area contributed by atoms with Crippen molar-refractivity contribution in [2.75, 3.05) is 26.2 Å². The number of carbonyl (C=O) groups is 4. The van der Waals surface area contributed by atoms with Crippen LogP contribution in [-0.2, 0) is 25.5 Å². The van der Waals surface area contributed by atoms with Crippen molar-refractivity contribution < 1.29 is 28.7 Å². The van der Waals surface area contributed by atoms with Crippen LogP contribution in [0.4, 0.5) is 9.59 Å². The van der Waals surface area contributed by atoms with Crippen molar-refractivity contribution in [3.05, 3.63) is 59.0 Å². The van der Waals surface area contributed by atoms with Crippen LogP contribution in [0.2, 0.25) is 0 Å². The van der Waals surface area contributed by atoms with E-state index in [1.54, 1.807) is 11.8 Å². The van der Waals surface area contributed by atoms with Crippen molar-refractivity contribution in [2.24, 2.45) is 28.7 Å². The third-order valence-electron chi connectivity index (χ3n) is 9.70. The second-order valence-corrected chi connectivity index (χ2v) is 12.0. The van der Waals surface area contributed by atoms with Gasteiger partial charge in [-0.25, -0.2) is 14.5 Å². The van der Waals surface area contributed by atoms with E-state index in [9.17, 15) is 19.2 Å². The number of rotatable bonds is 9. The minimum absolute atomic E-state index is 0.127. The average Bonchev–Trinajstić information content (AvgIpc) is 3.75. The van der Waals surface area contributed by atoms with Gasteiger partial charge in [0.05, 0.1) is 11.8 Å². The van der Waals surface area contributed by atoms with Gasteiger partial charge in [-0.15, -0.1) is 0 Å². The van der Waals surface area contributed by atoms with E-state index in [0.717, 1.165) is 24.0 Å². The van der Waals surface area contributed by atoms with Gasteiger partial charge in [-0.2, -0.15) is 0 Å². The number of carbonyl (C=O) groups excluding carboxylic acids is 4. The SMILES string of the molecule is CCC1=C(OC(=O)N(CC)CC)N2C(=O)OC(=NCC3CC3)[C@]2(Cc2ccccc2)[C@H]2C1=CC[C@H]1C(=O)N(CC)C(=O)[C@H]12. The van der Waals surface area contributed by atoms with Gasteiger partial charge in [0, 0.05) is 44.1 Å². The van der Waals surface area contributed by atoms with E-state index in [4.69, 9.17) is 14.5 Å². The predicted molar refractivity (Wildman–Crippen MR) is 159 cm³/mol. The highest BCUT2D eigenvalue weighted by Gasteiger charge is 2.69. The van der Waals surface area contributed by atoms with Crippen molar-refractivity contribution in [1.82, 2.24) is 14.7 Å². The highest BCUT2D eigenvalue weighted by atomic mass is 16.6. The molecule has 1 saturated carbocycles. The molecule has 0 spiro atoms. The molecule has 1 aromatic carbocycles. The van der Waals surface area contributed by atoms with Gasteiger partial charge in [-0.1, -0.05) is 43.3 Å². The van der Waals surface area contributed by atoms with E-state index in [-0.39, 0.29) is 36.6 Å². The quantitative estimate of drug-likeness (QED) is 0.380. The Morgan fingerprint density at radius 3 is 2.42 bits per heavy atom. The number of likely N-dealkylation sites (tertiary alicyclic amines) is 1. The average molecular weight is 589 g/mol. The van der Waals surface area contributed by atoms with E-state index in [1.165, 1.54) is 9.80 Å². The van der Waals surface area contributed by atoms with Crippen LogP contribution in [0.15, 0.2) is 58.4 Å². The van der Waals surface area contributed by atoms with Gasteiger partial charge < -0.3 is 14.4 Å². The summed E-state index contributed by atoms with van der Waals surface area (Å²) in [6.07, 6.45) is 3.99. The molecule has 1 aromatic rings. The topological polar surface area (TPSA) is 109 Å². The summed E-state index contributed by atoms with van der Waals surface area (Å²) in [5.41, 5.74) is 1.10. The van der Waals surface area contributed by atoms with Crippen LogP contribution >= 0.6 is 0 Å². The van der Waals surface area contributed by atoms with Gasteiger partial charge in [0.15, 0.2) is 0 Å². The number of amides is 4. The molecule has 4 atom stereocenters. The maximum Gasteiger partial charge on any atom is 0.424 e. The molecule has 2 saturated heterocycles. The molecule has 10 nitrogen and oxygen atoms in total. The number of cyclic esters (lactones) is 1. The van der Waals surface area contributed by atoms with Crippen molar-refractivity contribution in [2.45, 2.75) is 65.3 Å². The maximum absolute atomic E-state index is 14.1. The van der Waals surface area contributed by atoms with E-state index in [0.29, 0.717) is 44.0 Å². The van der Waals surface area contributed by atoms with Crippen LogP contribution in [0.5, 0.6) is 0 Å². The minimum atomic E-state index is -1.31. The minimum Gasteiger partial charge on any atom is -0.393 e. The first-order chi connectivity index (χ1) is 20.8. The Morgan fingerprint density at radius 1 is 1.07 bits per heavy atom. The summed E-state index contributed by atoms with van der Waals surface area (Å²) in [6.45, 7) is 9.15. The molecule has 5 aliphatic rings. The van der Waals surface area contributed by atoms with Gasteiger partial charge >= 0.3 is 12.2 Å². The molecule has 0 unspecified atom stereocenters. The molecule has 228 valence electrons. The molecule has 0 aromatic heterocycles. The lowest BCUT2D eigenvalue weighted by molar-refractivity contribution is -0.140. The summed E-state index contributed by atoms with van der Waals surface area (Å²) in [5, 5.41) is 0. The maximum atomic E-state index is 14.1. The first-order valence-electron chi connectivity index (χ1n) is 15.7. The Bertz CT molecular complexity index is 1430. The molecule has 6 rings (SSSR count). The summed E-state index contributed by atoms with van der Waals surface area (Å²) in [6, 6.07) is 9.72. The number of nitrogens with zero attached hydrogens (tertiary/aromatic N) is 4. The molecule has 43 heavy (non-hydrogen) atoms.